The average Bonchev–Trinajstić information content (AvgIpc) is 3.09. The number of halogens is 1. The lowest BCUT2D eigenvalue weighted by Crippen LogP contribution is -1.93. The van der Waals surface area contributed by atoms with Crippen molar-refractivity contribution in [2.45, 2.75) is 12.3 Å². The number of benzene rings is 2. The number of hydrogen-bond donors (Lipinski definition) is 0. The predicted molar refractivity (Wildman–Crippen MR) is 84.9 cm³/mol. The van der Waals surface area contributed by atoms with Crippen LogP contribution in [0.25, 0.3) is 21.9 Å². The Bertz CT molecular complexity index is 933. The van der Waals surface area contributed by atoms with Gasteiger partial charge in [0, 0.05) is 10.8 Å². The first-order chi connectivity index (χ1) is 10.2. The fourth-order valence-electron chi connectivity index (χ4n) is 2.70. The van der Waals surface area contributed by atoms with E-state index in [-0.39, 0.29) is 5.38 Å². The van der Waals surface area contributed by atoms with Gasteiger partial charge in [-0.25, -0.2) is 0 Å². The third-order valence-corrected chi connectivity index (χ3v) is 4.28. The summed E-state index contributed by atoms with van der Waals surface area (Å²) in [5, 5.41) is 1.89. The van der Waals surface area contributed by atoms with Gasteiger partial charge in [0.2, 0.25) is 0 Å². The number of aryl methyl sites for hydroxylation is 1. The molecule has 0 saturated carbocycles. The molecule has 0 aliphatic heterocycles. The van der Waals surface area contributed by atoms with E-state index in [1.807, 2.05) is 43.3 Å². The van der Waals surface area contributed by atoms with Crippen molar-refractivity contribution in [3.05, 3.63) is 71.7 Å². The van der Waals surface area contributed by atoms with Gasteiger partial charge in [-0.15, -0.1) is 11.6 Å². The zero-order valence-corrected chi connectivity index (χ0v) is 12.2. The van der Waals surface area contributed by atoms with E-state index in [1.54, 1.807) is 6.26 Å². The van der Waals surface area contributed by atoms with Crippen molar-refractivity contribution in [2.75, 3.05) is 0 Å². The molecule has 0 fully saturated rings. The van der Waals surface area contributed by atoms with Gasteiger partial charge in [0.15, 0.2) is 0 Å². The monoisotopic (exact) mass is 296 g/mol. The fraction of sp³-hybridized carbons (Fsp3) is 0.111. The molecular formula is C18H13ClO2. The summed E-state index contributed by atoms with van der Waals surface area (Å²) in [4.78, 5) is 0. The highest BCUT2D eigenvalue weighted by atomic mass is 35.5. The Labute approximate surface area is 126 Å². The van der Waals surface area contributed by atoms with Crippen molar-refractivity contribution in [1.82, 2.24) is 0 Å². The molecule has 4 aromatic rings. The van der Waals surface area contributed by atoms with E-state index in [0.717, 1.165) is 38.8 Å². The van der Waals surface area contributed by atoms with E-state index in [9.17, 15) is 0 Å². The number of alkyl halides is 1. The number of para-hydroxylation sites is 1. The van der Waals surface area contributed by atoms with Crippen molar-refractivity contribution in [3.63, 3.8) is 0 Å². The molecule has 0 aliphatic carbocycles. The highest BCUT2D eigenvalue weighted by Crippen LogP contribution is 2.36. The van der Waals surface area contributed by atoms with Crippen LogP contribution in [-0.2, 0) is 0 Å². The Hall–Kier alpha value is -2.19. The molecule has 0 spiro atoms. The molecule has 1 unspecified atom stereocenters. The molecule has 0 bridgehead atoms. The summed E-state index contributed by atoms with van der Waals surface area (Å²) in [6, 6.07) is 16.0. The molecule has 2 aromatic carbocycles. The summed E-state index contributed by atoms with van der Waals surface area (Å²) in [5.74, 6) is 0.795. The molecule has 3 heteroatoms. The second-order valence-corrected chi connectivity index (χ2v) is 5.62. The van der Waals surface area contributed by atoms with Crippen molar-refractivity contribution in [3.8, 4) is 0 Å². The van der Waals surface area contributed by atoms with Gasteiger partial charge in [0.05, 0.1) is 6.26 Å². The van der Waals surface area contributed by atoms with E-state index in [0.29, 0.717) is 0 Å². The van der Waals surface area contributed by atoms with Gasteiger partial charge in [-0.05, 0) is 42.3 Å². The minimum atomic E-state index is -0.293. The molecule has 2 aromatic heterocycles. The summed E-state index contributed by atoms with van der Waals surface area (Å²) < 4.78 is 11.3. The van der Waals surface area contributed by atoms with E-state index >= 15 is 0 Å². The second kappa shape index (κ2) is 4.68. The molecule has 104 valence electrons. The van der Waals surface area contributed by atoms with Crippen LogP contribution in [0.5, 0.6) is 0 Å². The average molecular weight is 297 g/mol. The summed E-state index contributed by atoms with van der Waals surface area (Å²) in [6.45, 7) is 2.00. The first kappa shape index (κ1) is 12.5. The molecule has 0 radical (unpaired) electrons. The summed E-state index contributed by atoms with van der Waals surface area (Å²) in [5.41, 5.74) is 3.84. The molecule has 4 rings (SSSR count). The van der Waals surface area contributed by atoms with Gasteiger partial charge in [0.1, 0.15) is 22.3 Å². The minimum absolute atomic E-state index is 0.293. The van der Waals surface area contributed by atoms with Crippen molar-refractivity contribution < 1.29 is 8.83 Å². The van der Waals surface area contributed by atoms with Crippen LogP contribution in [0, 0.1) is 6.92 Å². The zero-order valence-electron chi connectivity index (χ0n) is 11.5. The number of rotatable bonds is 2. The topological polar surface area (TPSA) is 26.3 Å². The maximum atomic E-state index is 6.57. The molecule has 0 saturated heterocycles. The summed E-state index contributed by atoms with van der Waals surface area (Å²) in [6.07, 6.45) is 1.67. The summed E-state index contributed by atoms with van der Waals surface area (Å²) >= 11 is 6.57. The molecule has 21 heavy (non-hydrogen) atoms. The Morgan fingerprint density at radius 3 is 2.57 bits per heavy atom. The van der Waals surface area contributed by atoms with E-state index in [2.05, 4.69) is 12.1 Å². The molecule has 0 aliphatic rings. The fourth-order valence-corrected chi connectivity index (χ4v) is 3.06. The van der Waals surface area contributed by atoms with Crippen LogP contribution in [0.4, 0.5) is 0 Å². The van der Waals surface area contributed by atoms with Crippen LogP contribution in [0.3, 0.4) is 0 Å². The maximum absolute atomic E-state index is 6.57. The largest absolute Gasteiger partial charge is 0.467 e. The lowest BCUT2D eigenvalue weighted by Gasteiger charge is -2.08. The van der Waals surface area contributed by atoms with Crippen molar-refractivity contribution in [2.24, 2.45) is 0 Å². The van der Waals surface area contributed by atoms with Crippen molar-refractivity contribution in [1.29, 1.82) is 0 Å². The molecule has 0 amide bonds. The summed E-state index contributed by atoms with van der Waals surface area (Å²) in [7, 11) is 0. The number of furan rings is 2. The number of fused-ring (bicyclic) bond motifs is 3. The highest BCUT2D eigenvalue weighted by Gasteiger charge is 2.18. The second-order valence-electron chi connectivity index (χ2n) is 5.18. The van der Waals surface area contributed by atoms with Crippen LogP contribution in [0.15, 0.2) is 63.6 Å². The molecule has 2 heterocycles. The Morgan fingerprint density at radius 1 is 0.952 bits per heavy atom. The molecule has 2 nitrogen and oxygen atoms in total. The molecule has 0 N–H and O–H groups in total. The maximum Gasteiger partial charge on any atom is 0.135 e. The first-order valence-electron chi connectivity index (χ1n) is 6.83. The first-order valence-corrected chi connectivity index (χ1v) is 7.27. The van der Waals surface area contributed by atoms with Crippen LogP contribution >= 0.6 is 11.6 Å². The van der Waals surface area contributed by atoms with Crippen LogP contribution in [0.1, 0.15) is 22.3 Å². The molecule has 1 atom stereocenters. The third kappa shape index (κ3) is 1.95. The normalized spacial score (nSPS) is 13.0. The van der Waals surface area contributed by atoms with Gasteiger partial charge in [0.25, 0.3) is 0 Å². The number of hydrogen-bond acceptors (Lipinski definition) is 2. The predicted octanol–water partition coefficient (Wildman–Crippen LogP) is 5.82. The Balaban J connectivity index is 1.90. The van der Waals surface area contributed by atoms with Crippen LogP contribution < -0.4 is 0 Å². The van der Waals surface area contributed by atoms with Crippen LogP contribution in [-0.4, -0.2) is 0 Å². The Morgan fingerprint density at radius 2 is 1.76 bits per heavy atom. The van der Waals surface area contributed by atoms with Gasteiger partial charge in [-0.3, -0.25) is 0 Å². The van der Waals surface area contributed by atoms with E-state index in [4.69, 9.17) is 20.4 Å². The van der Waals surface area contributed by atoms with Gasteiger partial charge < -0.3 is 8.83 Å². The zero-order chi connectivity index (χ0) is 14.4. The SMILES string of the molecule is Cc1ccoc1C(Cl)c1ccc2oc3ccccc3c2c1. The van der Waals surface area contributed by atoms with E-state index in [1.165, 1.54) is 0 Å². The lowest BCUT2D eigenvalue weighted by atomic mass is 10.0. The van der Waals surface area contributed by atoms with Crippen molar-refractivity contribution >= 4 is 33.5 Å². The van der Waals surface area contributed by atoms with Gasteiger partial charge >= 0.3 is 0 Å². The quantitative estimate of drug-likeness (QED) is 0.436. The lowest BCUT2D eigenvalue weighted by molar-refractivity contribution is 0.513. The molecular weight excluding hydrogens is 284 g/mol. The minimum Gasteiger partial charge on any atom is -0.467 e. The van der Waals surface area contributed by atoms with Gasteiger partial charge in [-0.1, -0.05) is 24.3 Å². The Kier molecular flexibility index (Phi) is 2.79. The highest BCUT2D eigenvalue weighted by molar-refractivity contribution is 6.22. The van der Waals surface area contributed by atoms with Gasteiger partial charge in [-0.2, -0.15) is 0 Å². The van der Waals surface area contributed by atoms with Crippen LogP contribution in [0.2, 0.25) is 0 Å². The standard InChI is InChI=1S/C18H13ClO2/c1-11-8-9-20-18(11)17(19)12-6-7-16-14(10-12)13-4-2-3-5-15(13)21-16/h2-10,17H,1H3. The van der Waals surface area contributed by atoms with E-state index < -0.39 is 0 Å². The smallest absolute Gasteiger partial charge is 0.135 e. The third-order valence-electron chi connectivity index (χ3n) is 3.83.